The maximum atomic E-state index is 12.5. The van der Waals surface area contributed by atoms with E-state index in [4.69, 9.17) is 0 Å². The summed E-state index contributed by atoms with van der Waals surface area (Å²) >= 11 is 0. The first-order valence-corrected chi connectivity index (χ1v) is 7.90. The zero-order chi connectivity index (χ0) is 15.4. The molecular formula is C18H22N2O2. The molecule has 1 heterocycles. The topological polar surface area (TPSA) is 54.3 Å². The first-order valence-electron chi connectivity index (χ1n) is 7.90. The Morgan fingerprint density at radius 3 is 2.36 bits per heavy atom. The first-order chi connectivity index (χ1) is 10.7. The van der Waals surface area contributed by atoms with Crippen molar-refractivity contribution < 1.29 is 9.90 Å². The average Bonchev–Trinajstić information content (AvgIpc) is 3.05. The number of phenols is 1. The summed E-state index contributed by atoms with van der Waals surface area (Å²) in [7, 11) is 0. The van der Waals surface area contributed by atoms with E-state index in [0.29, 0.717) is 6.42 Å². The number of phenolic OH excluding ortho intramolecular Hbond substituents is 1. The Labute approximate surface area is 130 Å². The van der Waals surface area contributed by atoms with Crippen molar-refractivity contribution in [1.29, 1.82) is 0 Å². The van der Waals surface area contributed by atoms with Crippen molar-refractivity contribution in [1.82, 2.24) is 4.57 Å². The number of nitrogens with zero attached hydrogens (tertiary/aromatic N) is 1. The molecule has 2 aromatic rings. The molecule has 1 aliphatic rings. The van der Waals surface area contributed by atoms with E-state index < -0.39 is 0 Å². The lowest BCUT2D eigenvalue weighted by Gasteiger charge is -2.38. The normalized spacial score (nSPS) is 17.1. The minimum atomic E-state index is -0.0945. The largest absolute Gasteiger partial charge is 0.508 e. The quantitative estimate of drug-likeness (QED) is 0.842. The standard InChI is InChI=1S/C18H22N2O2/c21-16-8-6-15(7-9-16)19-17(22)14-18(10-2-1-3-11-18)20-12-4-5-13-20/h4-9,12-13,21H,1-3,10-11,14H2,(H,19,22). The number of hydrogen-bond donors (Lipinski definition) is 2. The second-order valence-electron chi connectivity index (χ2n) is 6.15. The molecule has 0 unspecified atom stereocenters. The summed E-state index contributed by atoms with van der Waals surface area (Å²) in [5.41, 5.74) is 0.629. The Kier molecular flexibility index (Phi) is 4.18. The van der Waals surface area contributed by atoms with E-state index in [9.17, 15) is 9.90 Å². The van der Waals surface area contributed by atoms with Crippen molar-refractivity contribution in [2.45, 2.75) is 44.1 Å². The van der Waals surface area contributed by atoms with Crippen molar-refractivity contribution in [3.05, 3.63) is 48.8 Å². The lowest BCUT2D eigenvalue weighted by Crippen LogP contribution is -2.38. The minimum Gasteiger partial charge on any atom is -0.508 e. The number of rotatable bonds is 4. The lowest BCUT2D eigenvalue weighted by molar-refractivity contribution is -0.118. The molecule has 0 atom stereocenters. The van der Waals surface area contributed by atoms with Crippen LogP contribution in [0.5, 0.6) is 5.75 Å². The predicted octanol–water partition coefficient (Wildman–Crippen LogP) is 3.88. The first kappa shape index (κ1) is 14.7. The molecule has 22 heavy (non-hydrogen) atoms. The van der Waals surface area contributed by atoms with Gasteiger partial charge in [0.2, 0.25) is 5.91 Å². The van der Waals surface area contributed by atoms with Crippen LogP contribution < -0.4 is 5.32 Å². The van der Waals surface area contributed by atoms with Crippen LogP contribution in [0.25, 0.3) is 0 Å². The summed E-state index contributed by atoms with van der Waals surface area (Å²) in [6.45, 7) is 0. The van der Waals surface area contributed by atoms with E-state index in [1.807, 2.05) is 12.1 Å². The van der Waals surface area contributed by atoms with Gasteiger partial charge in [-0.15, -0.1) is 0 Å². The Balaban J connectivity index is 1.73. The third kappa shape index (κ3) is 3.16. The van der Waals surface area contributed by atoms with Crippen LogP contribution in [-0.2, 0) is 10.3 Å². The maximum Gasteiger partial charge on any atom is 0.226 e. The molecule has 1 aromatic carbocycles. The second-order valence-corrected chi connectivity index (χ2v) is 6.15. The van der Waals surface area contributed by atoms with Crippen LogP contribution in [0.1, 0.15) is 38.5 Å². The molecule has 0 saturated heterocycles. The van der Waals surface area contributed by atoms with Gasteiger partial charge in [0.05, 0.1) is 12.0 Å². The summed E-state index contributed by atoms with van der Waals surface area (Å²) < 4.78 is 2.21. The zero-order valence-electron chi connectivity index (χ0n) is 12.7. The van der Waals surface area contributed by atoms with Gasteiger partial charge in [0.15, 0.2) is 0 Å². The fraction of sp³-hybridized carbons (Fsp3) is 0.389. The molecule has 0 aliphatic heterocycles. The van der Waals surface area contributed by atoms with Gasteiger partial charge >= 0.3 is 0 Å². The van der Waals surface area contributed by atoms with E-state index in [0.717, 1.165) is 18.5 Å². The number of aromatic nitrogens is 1. The fourth-order valence-corrected chi connectivity index (χ4v) is 3.44. The molecule has 0 bridgehead atoms. The lowest BCUT2D eigenvalue weighted by atomic mass is 9.78. The van der Waals surface area contributed by atoms with Crippen molar-refractivity contribution in [3.8, 4) is 5.75 Å². The monoisotopic (exact) mass is 298 g/mol. The summed E-state index contributed by atoms with van der Waals surface area (Å²) in [5.74, 6) is 0.232. The molecule has 0 spiro atoms. The van der Waals surface area contributed by atoms with Crippen LogP contribution in [-0.4, -0.2) is 15.6 Å². The molecule has 116 valence electrons. The summed E-state index contributed by atoms with van der Waals surface area (Å²) in [4.78, 5) is 12.5. The molecule has 4 heteroatoms. The molecule has 2 N–H and O–H groups in total. The highest BCUT2D eigenvalue weighted by molar-refractivity contribution is 5.91. The molecule has 0 radical (unpaired) electrons. The predicted molar refractivity (Wildman–Crippen MR) is 86.8 cm³/mol. The van der Waals surface area contributed by atoms with Gasteiger partial charge in [-0.3, -0.25) is 4.79 Å². The van der Waals surface area contributed by atoms with Crippen LogP contribution in [0.15, 0.2) is 48.8 Å². The molecule has 3 rings (SSSR count). The van der Waals surface area contributed by atoms with Crippen LogP contribution in [0, 0.1) is 0 Å². The SMILES string of the molecule is O=C(CC1(n2cccc2)CCCCC1)Nc1ccc(O)cc1. The minimum absolute atomic E-state index is 0.0290. The number of anilines is 1. The van der Waals surface area contributed by atoms with E-state index in [-0.39, 0.29) is 17.2 Å². The van der Waals surface area contributed by atoms with Gasteiger partial charge in [-0.25, -0.2) is 0 Å². The van der Waals surface area contributed by atoms with Gasteiger partial charge in [-0.05, 0) is 49.2 Å². The molecule has 1 aliphatic carbocycles. The van der Waals surface area contributed by atoms with Crippen molar-refractivity contribution >= 4 is 11.6 Å². The number of aromatic hydroxyl groups is 1. The van der Waals surface area contributed by atoms with E-state index in [1.54, 1.807) is 24.3 Å². The number of nitrogens with one attached hydrogen (secondary N) is 1. The van der Waals surface area contributed by atoms with Crippen molar-refractivity contribution in [2.75, 3.05) is 5.32 Å². The van der Waals surface area contributed by atoms with Crippen molar-refractivity contribution in [3.63, 3.8) is 0 Å². The third-order valence-electron chi connectivity index (χ3n) is 4.58. The smallest absolute Gasteiger partial charge is 0.226 e. The van der Waals surface area contributed by atoms with E-state index >= 15 is 0 Å². The van der Waals surface area contributed by atoms with Crippen LogP contribution in [0.4, 0.5) is 5.69 Å². The Morgan fingerprint density at radius 1 is 1.09 bits per heavy atom. The van der Waals surface area contributed by atoms with Crippen LogP contribution in [0.2, 0.25) is 0 Å². The zero-order valence-corrected chi connectivity index (χ0v) is 12.7. The average molecular weight is 298 g/mol. The van der Waals surface area contributed by atoms with Gasteiger partial charge < -0.3 is 15.0 Å². The Bertz CT molecular complexity index is 611. The molecule has 1 amide bonds. The molecular weight excluding hydrogens is 276 g/mol. The number of hydrogen-bond acceptors (Lipinski definition) is 2. The van der Waals surface area contributed by atoms with Gasteiger partial charge in [0.1, 0.15) is 5.75 Å². The highest BCUT2D eigenvalue weighted by atomic mass is 16.3. The Morgan fingerprint density at radius 2 is 1.73 bits per heavy atom. The second kappa shape index (κ2) is 6.26. The van der Waals surface area contributed by atoms with Crippen molar-refractivity contribution in [2.24, 2.45) is 0 Å². The number of carbonyl (C=O) groups excluding carboxylic acids is 1. The number of carbonyl (C=O) groups is 1. The molecule has 1 fully saturated rings. The maximum absolute atomic E-state index is 12.5. The highest BCUT2D eigenvalue weighted by Crippen LogP contribution is 2.38. The molecule has 4 nitrogen and oxygen atoms in total. The third-order valence-corrected chi connectivity index (χ3v) is 4.58. The van der Waals surface area contributed by atoms with Gasteiger partial charge in [0.25, 0.3) is 0 Å². The van der Waals surface area contributed by atoms with Crippen LogP contribution >= 0.6 is 0 Å². The number of amides is 1. The van der Waals surface area contributed by atoms with Gasteiger partial charge in [-0.2, -0.15) is 0 Å². The molecule has 1 saturated carbocycles. The summed E-state index contributed by atoms with van der Waals surface area (Å²) in [6, 6.07) is 10.6. The van der Waals surface area contributed by atoms with Crippen LogP contribution in [0.3, 0.4) is 0 Å². The molecule has 1 aromatic heterocycles. The summed E-state index contributed by atoms with van der Waals surface area (Å²) in [6.07, 6.45) is 10.3. The Hall–Kier alpha value is -2.23. The summed E-state index contributed by atoms with van der Waals surface area (Å²) in [5, 5.41) is 12.2. The van der Waals surface area contributed by atoms with Gasteiger partial charge in [-0.1, -0.05) is 19.3 Å². The number of benzene rings is 1. The fourth-order valence-electron chi connectivity index (χ4n) is 3.44. The van der Waals surface area contributed by atoms with Gasteiger partial charge in [0, 0.05) is 18.1 Å². The van der Waals surface area contributed by atoms with E-state index in [2.05, 4.69) is 22.3 Å². The van der Waals surface area contributed by atoms with E-state index in [1.165, 1.54) is 19.3 Å². The highest BCUT2D eigenvalue weighted by Gasteiger charge is 2.35.